The van der Waals surface area contributed by atoms with Crippen LogP contribution in [0, 0.1) is 0 Å². The van der Waals surface area contributed by atoms with Gasteiger partial charge in [-0.1, -0.05) is 32.9 Å². The summed E-state index contributed by atoms with van der Waals surface area (Å²) in [6.07, 6.45) is 8.57. The minimum atomic E-state index is 0.0887. The minimum Gasteiger partial charge on any atom is -0.303 e. The summed E-state index contributed by atoms with van der Waals surface area (Å²) in [5, 5.41) is 8.81. The molecule has 1 aromatic heterocycles. The van der Waals surface area contributed by atoms with Crippen LogP contribution in [0.1, 0.15) is 71.5 Å². The quantitative estimate of drug-likeness (QED) is 0.848. The van der Waals surface area contributed by atoms with E-state index in [0.717, 1.165) is 11.7 Å². The van der Waals surface area contributed by atoms with Gasteiger partial charge in [-0.05, 0) is 51.7 Å². The number of nitrogens with zero attached hydrogens (tertiary/aromatic N) is 5. The first-order valence-electron chi connectivity index (χ1n) is 9.86. The minimum absolute atomic E-state index is 0.0887. The second-order valence-corrected chi connectivity index (χ2v) is 8.67. The van der Waals surface area contributed by atoms with Crippen LogP contribution < -0.4 is 0 Å². The van der Waals surface area contributed by atoms with E-state index < -0.39 is 0 Å². The molecule has 0 spiro atoms. The van der Waals surface area contributed by atoms with Crippen molar-refractivity contribution in [1.29, 1.82) is 0 Å². The van der Waals surface area contributed by atoms with Gasteiger partial charge < -0.3 is 9.80 Å². The molecule has 0 radical (unpaired) electrons. The van der Waals surface area contributed by atoms with Crippen LogP contribution in [0.25, 0.3) is 0 Å². The summed E-state index contributed by atoms with van der Waals surface area (Å²) in [6.45, 7) is 15.2. The zero-order valence-corrected chi connectivity index (χ0v) is 16.0. The van der Waals surface area contributed by atoms with Crippen LogP contribution in [-0.4, -0.2) is 63.6 Å². The molecule has 0 aromatic carbocycles. The fourth-order valence-electron chi connectivity index (χ4n) is 4.14. The highest BCUT2D eigenvalue weighted by atomic mass is 15.4. The number of rotatable bonds is 4. The molecule has 0 unspecified atom stereocenters. The van der Waals surface area contributed by atoms with Gasteiger partial charge in [-0.15, -0.1) is 5.10 Å². The van der Waals surface area contributed by atoms with Gasteiger partial charge in [-0.2, -0.15) is 0 Å². The van der Waals surface area contributed by atoms with Gasteiger partial charge in [0, 0.05) is 30.7 Å². The van der Waals surface area contributed by atoms with Crippen LogP contribution in [0.3, 0.4) is 0 Å². The molecule has 0 aliphatic carbocycles. The molecule has 2 aliphatic heterocycles. The number of likely N-dealkylation sites (tertiary alicyclic amines) is 2. The Morgan fingerprint density at radius 3 is 2.17 bits per heavy atom. The predicted molar refractivity (Wildman–Crippen MR) is 98.3 cm³/mol. The summed E-state index contributed by atoms with van der Waals surface area (Å²) in [4.78, 5) is 5.37. The molecule has 0 N–H and O–H groups in total. The molecule has 5 heteroatoms. The Hall–Kier alpha value is -0.940. The Labute approximate surface area is 147 Å². The Kier molecular flexibility index (Phi) is 5.60. The fourth-order valence-corrected chi connectivity index (χ4v) is 4.14. The Morgan fingerprint density at radius 1 is 1.00 bits per heavy atom. The van der Waals surface area contributed by atoms with Gasteiger partial charge in [0.2, 0.25) is 0 Å². The number of piperidine rings is 2. The topological polar surface area (TPSA) is 37.2 Å². The molecule has 0 amide bonds. The smallest absolute Gasteiger partial charge is 0.0880 e. The SMILES string of the molecule is CCCN1CCC(N2CCC(n3cc(C(C)(C)C)nn3)CC2)CC1. The molecule has 2 fully saturated rings. The van der Waals surface area contributed by atoms with Crippen molar-refractivity contribution < 1.29 is 0 Å². The average molecular weight is 334 g/mol. The molecular weight excluding hydrogens is 298 g/mol. The zero-order valence-electron chi connectivity index (χ0n) is 16.0. The van der Waals surface area contributed by atoms with E-state index in [-0.39, 0.29) is 5.41 Å². The highest BCUT2D eigenvalue weighted by Gasteiger charge is 2.29. The maximum atomic E-state index is 4.42. The molecule has 0 atom stereocenters. The van der Waals surface area contributed by atoms with E-state index >= 15 is 0 Å². The lowest BCUT2D eigenvalue weighted by molar-refractivity contribution is 0.0771. The first-order chi connectivity index (χ1) is 11.5. The third kappa shape index (κ3) is 4.17. The molecule has 24 heavy (non-hydrogen) atoms. The lowest BCUT2D eigenvalue weighted by atomic mass is 9.93. The standard InChI is InChI=1S/C19H35N5/c1-5-10-22-11-6-16(7-12-22)23-13-8-17(9-14-23)24-15-18(20-21-24)19(2,3)4/h15-17H,5-14H2,1-4H3. The van der Waals surface area contributed by atoms with Crippen molar-refractivity contribution in [3.63, 3.8) is 0 Å². The van der Waals surface area contributed by atoms with Crippen molar-refractivity contribution in [3.05, 3.63) is 11.9 Å². The summed E-state index contributed by atoms with van der Waals surface area (Å²) in [6, 6.07) is 1.34. The maximum absolute atomic E-state index is 4.42. The molecule has 2 aliphatic rings. The zero-order chi connectivity index (χ0) is 17.2. The molecule has 2 saturated heterocycles. The maximum Gasteiger partial charge on any atom is 0.0880 e. The van der Waals surface area contributed by atoms with E-state index in [1.807, 2.05) is 0 Å². The van der Waals surface area contributed by atoms with Gasteiger partial charge in [0.15, 0.2) is 0 Å². The van der Waals surface area contributed by atoms with Crippen molar-refractivity contribution in [2.45, 2.75) is 77.3 Å². The van der Waals surface area contributed by atoms with E-state index in [1.54, 1.807) is 0 Å². The van der Waals surface area contributed by atoms with Gasteiger partial charge in [-0.3, -0.25) is 0 Å². The van der Waals surface area contributed by atoms with E-state index in [9.17, 15) is 0 Å². The number of hydrogen-bond donors (Lipinski definition) is 0. The van der Waals surface area contributed by atoms with Crippen molar-refractivity contribution in [2.24, 2.45) is 0 Å². The fraction of sp³-hybridized carbons (Fsp3) is 0.895. The van der Waals surface area contributed by atoms with Gasteiger partial charge in [0.05, 0.1) is 11.7 Å². The molecule has 0 bridgehead atoms. The molecule has 0 saturated carbocycles. The highest BCUT2D eigenvalue weighted by Crippen LogP contribution is 2.28. The summed E-state index contributed by atoms with van der Waals surface area (Å²) in [7, 11) is 0. The van der Waals surface area contributed by atoms with Crippen LogP contribution in [0.4, 0.5) is 0 Å². The molecule has 3 rings (SSSR count). The van der Waals surface area contributed by atoms with Crippen LogP contribution in [-0.2, 0) is 5.41 Å². The number of hydrogen-bond acceptors (Lipinski definition) is 4. The Bertz CT molecular complexity index is 502. The lowest BCUT2D eigenvalue weighted by Crippen LogP contribution is -2.48. The normalized spacial score (nSPS) is 23.0. The van der Waals surface area contributed by atoms with E-state index in [1.165, 1.54) is 64.8 Å². The molecule has 136 valence electrons. The molecule has 3 heterocycles. The Morgan fingerprint density at radius 2 is 1.62 bits per heavy atom. The van der Waals surface area contributed by atoms with Gasteiger partial charge in [0.1, 0.15) is 0 Å². The summed E-state index contributed by atoms with van der Waals surface area (Å²) in [5.74, 6) is 0. The van der Waals surface area contributed by atoms with Crippen molar-refractivity contribution >= 4 is 0 Å². The first-order valence-corrected chi connectivity index (χ1v) is 9.86. The summed E-state index contributed by atoms with van der Waals surface area (Å²) in [5.41, 5.74) is 1.19. The van der Waals surface area contributed by atoms with Gasteiger partial charge >= 0.3 is 0 Å². The third-order valence-corrected chi connectivity index (χ3v) is 5.77. The molecular formula is C19H35N5. The second-order valence-electron chi connectivity index (χ2n) is 8.67. The second kappa shape index (κ2) is 7.52. The first kappa shape index (κ1) is 17.9. The Balaban J connectivity index is 1.49. The van der Waals surface area contributed by atoms with Crippen LogP contribution in [0.2, 0.25) is 0 Å². The van der Waals surface area contributed by atoms with Crippen LogP contribution >= 0.6 is 0 Å². The van der Waals surface area contributed by atoms with Crippen LogP contribution in [0.15, 0.2) is 6.20 Å². The summed E-state index contributed by atoms with van der Waals surface area (Å²) < 4.78 is 2.13. The predicted octanol–water partition coefficient (Wildman–Crippen LogP) is 3.09. The molecule has 5 nitrogen and oxygen atoms in total. The molecule has 1 aromatic rings. The van der Waals surface area contributed by atoms with Crippen LogP contribution in [0.5, 0.6) is 0 Å². The van der Waals surface area contributed by atoms with Crippen molar-refractivity contribution in [1.82, 2.24) is 24.8 Å². The van der Waals surface area contributed by atoms with Crippen molar-refractivity contribution in [3.8, 4) is 0 Å². The van der Waals surface area contributed by atoms with Gasteiger partial charge in [-0.25, -0.2) is 4.68 Å². The van der Waals surface area contributed by atoms with E-state index in [2.05, 4.69) is 58.7 Å². The lowest BCUT2D eigenvalue weighted by Gasteiger charge is -2.41. The third-order valence-electron chi connectivity index (χ3n) is 5.77. The monoisotopic (exact) mass is 333 g/mol. The summed E-state index contributed by atoms with van der Waals surface area (Å²) >= 11 is 0. The van der Waals surface area contributed by atoms with Crippen molar-refractivity contribution in [2.75, 3.05) is 32.7 Å². The van der Waals surface area contributed by atoms with E-state index in [0.29, 0.717) is 6.04 Å². The number of aromatic nitrogens is 3. The largest absolute Gasteiger partial charge is 0.303 e. The van der Waals surface area contributed by atoms with E-state index in [4.69, 9.17) is 0 Å². The highest BCUT2D eigenvalue weighted by molar-refractivity contribution is 5.07. The average Bonchev–Trinajstić information content (AvgIpc) is 3.06. The van der Waals surface area contributed by atoms with Gasteiger partial charge in [0.25, 0.3) is 0 Å².